The summed E-state index contributed by atoms with van der Waals surface area (Å²) in [5, 5.41) is 5.98. The second kappa shape index (κ2) is 12.6. The number of aromatic nitrogens is 1. The lowest BCUT2D eigenvalue weighted by molar-refractivity contribution is -0.134. The molecule has 2 fully saturated rings. The first-order chi connectivity index (χ1) is 19.0. The van der Waals surface area contributed by atoms with E-state index in [0.29, 0.717) is 30.0 Å². The lowest BCUT2D eigenvalue weighted by Gasteiger charge is -2.42. The van der Waals surface area contributed by atoms with E-state index in [1.165, 1.54) is 6.42 Å². The summed E-state index contributed by atoms with van der Waals surface area (Å²) in [6.45, 7) is 0.838. The first-order valence-electron chi connectivity index (χ1n) is 14.1. The fourth-order valence-electron chi connectivity index (χ4n) is 5.89. The number of ether oxygens (including phenoxy) is 2. The summed E-state index contributed by atoms with van der Waals surface area (Å²) in [5.41, 5.74) is 2.18. The number of hydrogen-bond acceptors (Lipinski definition) is 6. The van der Waals surface area contributed by atoms with Gasteiger partial charge in [0.2, 0.25) is 11.8 Å². The van der Waals surface area contributed by atoms with Crippen molar-refractivity contribution < 1.29 is 23.9 Å². The predicted molar refractivity (Wildman–Crippen MR) is 146 cm³/mol. The van der Waals surface area contributed by atoms with Gasteiger partial charge in [-0.05, 0) is 68.0 Å². The predicted octanol–water partition coefficient (Wildman–Crippen LogP) is 3.73. The Kier molecular flexibility index (Phi) is 8.76. The average molecular weight is 535 g/mol. The van der Waals surface area contributed by atoms with Crippen LogP contribution in [-0.2, 0) is 20.7 Å². The molecule has 3 amide bonds. The van der Waals surface area contributed by atoms with Gasteiger partial charge in [0.05, 0.1) is 24.1 Å². The molecule has 2 aromatic rings. The summed E-state index contributed by atoms with van der Waals surface area (Å²) < 4.78 is 12.4. The Morgan fingerprint density at radius 3 is 2.64 bits per heavy atom. The van der Waals surface area contributed by atoms with Crippen LogP contribution >= 0.6 is 0 Å². The minimum Gasteiger partial charge on any atom is -0.490 e. The Morgan fingerprint density at radius 2 is 1.85 bits per heavy atom. The smallest absolute Gasteiger partial charge is 0.257 e. The number of nitrogens with zero attached hydrogens (tertiary/aromatic N) is 2. The van der Waals surface area contributed by atoms with E-state index in [1.54, 1.807) is 42.5 Å². The summed E-state index contributed by atoms with van der Waals surface area (Å²) in [6, 6.07) is 8.97. The molecule has 0 bridgehead atoms. The highest BCUT2D eigenvalue weighted by Crippen LogP contribution is 2.33. The Balaban J connectivity index is 1.17. The molecule has 1 aromatic heterocycles. The first kappa shape index (κ1) is 27.1. The van der Waals surface area contributed by atoms with Crippen molar-refractivity contribution in [3.63, 3.8) is 0 Å². The van der Waals surface area contributed by atoms with Gasteiger partial charge < -0.3 is 25.0 Å². The van der Waals surface area contributed by atoms with Crippen molar-refractivity contribution >= 4 is 23.4 Å². The maximum atomic E-state index is 13.5. The Labute approximate surface area is 229 Å². The number of nitrogens with one attached hydrogen (secondary N) is 2. The van der Waals surface area contributed by atoms with E-state index in [0.717, 1.165) is 44.1 Å². The van der Waals surface area contributed by atoms with Gasteiger partial charge in [-0.25, -0.2) is 0 Å². The van der Waals surface area contributed by atoms with E-state index in [2.05, 4.69) is 15.6 Å². The van der Waals surface area contributed by atoms with E-state index in [1.807, 2.05) is 12.1 Å². The van der Waals surface area contributed by atoms with Gasteiger partial charge in [-0.15, -0.1) is 0 Å². The molecule has 9 nitrogen and oxygen atoms in total. The number of benzene rings is 1. The molecule has 1 aliphatic carbocycles. The summed E-state index contributed by atoms with van der Waals surface area (Å²) in [4.78, 5) is 44.5. The van der Waals surface area contributed by atoms with Crippen LogP contribution in [0.15, 0.2) is 42.7 Å². The highest BCUT2D eigenvalue weighted by atomic mass is 16.5. The van der Waals surface area contributed by atoms with Crippen molar-refractivity contribution in [1.29, 1.82) is 0 Å². The quantitative estimate of drug-likeness (QED) is 0.560. The standard InChI is InChI=1S/C30H38N4O5/c1-34-25-9-8-23(18-28(35)32-16-13-20-11-14-31-15-12-20)39-27(25)19-38-26-10-7-22(17-24(26)30(34)37)33-29(36)21-5-3-2-4-6-21/h7,10-12,14-15,17,21,23,25,27H,2-6,8-9,13,16,18-19H2,1H3,(H,32,35)(H,33,36)/t23-,25+,27+/m0/s1. The Morgan fingerprint density at radius 1 is 1.05 bits per heavy atom. The first-order valence-corrected chi connectivity index (χ1v) is 14.1. The van der Waals surface area contributed by atoms with Gasteiger partial charge in [0.15, 0.2) is 0 Å². The van der Waals surface area contributed by atoms with Crippen LogP contribution in [0.2, 0.25) is 0 Å². The topological polar surface area (TPSA) is 110 Å². The Bertz CT molecular complexity index is 1170. The fraction of sp³-hybridized carbons (Fsp3) is 0.533. The van der Waals surface area contributed by atoms with Crippen LogP contribution < -0.4 is 15.4 Å². The van der Waals surface area contributed by atoms with Crippen LogP contribution in [0.5, 0.6) is 5.75 Å². The molecule has 1 saturated carbocycles. The fourth-order valence-corrected chi connectivity index (χ4v) is 5.89. The van der Waals surface area contributed by atoms with Crippen molar-refractivity contribution in [2.45, 2.75) is 76.0 Å². The zero-order valence-corrected chi connectivity index (χ0v) is 22.6. The molecule has 2 N–H and O–H groups in total. The van der Waals surface area contributed by atoms with Gasteiger partial charge in [-0.2, -0.15) is 0 Å². The minimum atomic E-state index is -0.332. The summed E-state index contributed by atoms with van der Waals surface area (Å²) in [6.07, 6.45) is 10.5. The molecule has 1 aromatic carbocycles. The molecule has 0 radical (unpaired) electrons. The van der Waals surface area contributed by atoms with E-state index in [4.69, 9.17) is 9.47 Å². The molecule has 1 saturated heterocycles. The van der Waals surface area contributed by atoms with Gasteiger partial charge in [-0.1, -0.05) is 19.3 Å². The monoisotopic (exact) mass is 534 g/mol. The van der Waals surface area contributed by atoms with Crippen LogP contribution in [0.1, 0.15) is 67.3 Å². The number of likely N-dealkylation sites (N-methyl/N-ethyl adjacent to an activating group) is 1. The van der Waals surface area contributed by atoms with E-state index in [-0.39, 0.29) is 54.9 Å². The SMILES string of the molecule is CN1C(=O)c2cc(NC(=O)C3CCCCC3)ccc2OC[C@H]2O[C@H](CC(=O)NCCc3ccncc3)CC[C@H]21. The molecule has 5 rings (SSSR count). The van der Waals surface area contributed by atoms with Gasteiger partial charge in [-0.3, -0.25) is 19.4 Å². The minimum absolute atomic E-state index is 0.0235. The summed E-state index contributed by atoms with van der Waals surface area (Å²) in [5.74, 6) is 0.323. The van der Waals surface area contributed by atoms with E-state index >= 15 is 0 Å². The van der Waals surface area contributed by atoms with Crippen LogP contribution in [0.4, 0.5) is 5.69 Å². The highest BCUT2D eigenvalue weighted by Gasteiger charge is 2.39. The number of amides is 3. The number of fused-ring (bicyclic) bond motifs is 2. The molecule has 39 heavy (non-hydrogen) atoms. The van der Waals surface area contributed by atoms with Crippen molar-refractivity contribution in [3.05, 3.63) is 53.9 Å². The molecular formula is C30H38N4O5. The number of carbonyl (C=O) groups is 3. The normalized spacial score (nSPS) is 23.5. The van der Waals surface area contributed by atoms with Crippen molar-refractivity contribution in [3.8, 4) is 5.75 Å². The lowest BCUT2D eigenvalue weighted by atomic mass is 9.88. The maximum absolute atomic E-state index is 13.5. The summed E-state index contributed by atoms with van der Waals surface area (Å²) >= 11 is 0. The zero-order valence-electron chi connectivity index (χ0n) is 22.6. The van der Waals surface area contributed by atoms with Gasteiger partial charge in [0.1, 0.15) is 18.5 Å². The Hall–Kier alpha value is -3.46. The van der Waals surface area contributed by atoms with Crippen LogP contribution in [0.3, 0.4) is 0 Å². The second-order valence-corrected chi connectivity index (χ2v) is 10.9. The lowest BCUT2D eigenvalue weighted by Crippen LogP contribution is -2.54. The highest BCUT2D eigenvalue weighted by molar-refractivity contribution is 6.00. The molecule has 3 heterocycles. The number of pyridine rings is 1. The third-order valence-electron chi connectivity index (χ3n) is 8.15. The molecular weight excluding hydrogens is 496 g/mol. The number of hydrogen-bond donors (Lipinski definition) is 2. The van der Waals surface area contributed by atoms with Gasteiger partial charge in [0.25, 0.3) is 5.91 Å². The van der Waals surface area contributed by atoms with Gasteiger partial charge in [0, 0.05) is 37.6 Å². The molecule has 208 valence electrons. The van der Waals surface area contributed by atoms with E-state index in [9.17, 15) is 14.4 Å². The van der Waals surface area contributed by atoms with Crippen LogP contribution in [0, 0.1) is 5.92 Å². The number of anilines is 1. The molecule has 3 atom stereocenters. The third-order valence-corrected chi connectivity index (χ3v) is 8.15. The average Bonchev–Trinajstić information content (AvgIpc) is 2.96. The molecule has 0 spiro atoms. The molecule has 9 heteroatoms. The van der Waals surface area contributed by atoms with E-state index < -0.39 is 0 Å². The van der Waals surface area contributed by atoms with Crippen LogP contribution in [0.25, 0.3) is 0 Å². The van der Waals surface area contributed by atoms with Crippen molar-refractivity contribution in [2.24, 2.45) is 5.92 Å². The van der Waals surface area contributed by atoms with Crippen molar-refractivity contribution in [1.82, 2.24) is 15.2 Å². The van der Waals surface area contributed by atoms with Crippen LogP contribution in [-0.4, -0.2) is 66.1 Å². The van der Waals surface area contributed by atoms with Crippen molar-refractivity contribution in [2.75, 3.05) is 25.5 Å². The molecule has 0 unspecified atom stereocenters. The molecule has 2 aliphatic heterocycles. The largest absolute Gasteiger partial charge is 0.490 e. The number of rotatable bonds is 7. The maximum Gasteiger partial charge on any atom is 0.257 e. The summed E-state index contributed by atoms with van der Waals surface area (Å²) in [7, 11) is 1.79. The van der Waals surface area contributed by atoms with Gasteiger partial charge >= 0.3 is 0 Å². The zero-order chi connectivity index (χ0) is 27.2. The number of carbonyl (C=O) groups excluding carboxylic acids is 3. The second-order valence-electron chi connectivity index (χ2n) is 10.9. The molecule has 3 aliphatic rings. The third kappa shape index (κ3) is 6.76.